The summed E-state index contributed by atoms with van der Waals surface area (Å²) in [6.45, 7) is 2.49. The van der Waals surface area contributed by atoms with Crippen molar-refractivity contribution < 1.29 is 14.3 Å². The van der Waals surface area contributed by atoms with Crippen LogP contribution in [0.15, 0.2) is 0 Å². The van der Waals surface area contributed by atoms with E-state index in [1.165, 1.54) is 25.0 Å². The quantitative estimate of drug-likeness (QED) is 0.838. The third-order valence-corrected chi connectivity index (χ3v) is 5.99. The number of ether oxygens (including phenoxy) is 1. The molecule has 0 radical (unpaired) electrons. The maximum Gasteiger partial charge on any atom is 0.317 e. The molecule has 2 aliphatic carbocycles. The maximum absolute atomic E-state index is 12.5. The molecule has 2 heterocycles. The molecular weight excluding hydrogens is 332 g/mol. The molecule has 7 heteroatoms. The summed E-state index contributed by atoms with van der Waals surface area (Å²) in [5.74, 6) is 0. The first-order chi connectivity index (χ1) is 12.8. The molecular formula is C19H28N4O3. The van der Waals surface area contributed by atoms with Crippen LogP contribution in [-0.2, 0) is 17.6 Å². The van der Waals surface area contributed by atoms with Crippen molar-refractivity contribution in [1.82, 2.24) is 20.0 Å². The van der Waals surface area contributed by atoms with Crippen LogP contribution in [0.5, 0.6) is 0 Å². The number of morpholine rings is 1. The zero-order chi connectivity index (χ0) is 17.9. The highest BCUT2D eigenvalue weighted by Crippen LogP contribution is 2.33. The Morgan fingerprint density at radius 3 is 2.65 bits per heavy atom. The number of urea groups is 1. The Morgan fingerprint density at radius 1 is 1.15 bits per heavy atom. The molecule has 7 nitrogen and oxygen atoms in total. The van der Waals surface area contributed by atoms with Gasteiger partial charge in [-0.1, -0.05) is 19.3 Å². The lowest BCUT2D eigenvalue weighted by atomic mass is 9.90. The van der Waals surface area contributed by atoms with Crippen LogP contribution in [0.3, 0.4) is 0 Å². The zero-order valence-electron chi connectivity index (χ0n) is 15.3. The maximum atomic E-state index is 12.5. The molecule has 1 unspecified atom stereocenters. The van der Waals surface area contributed by atoms with E-state index < -0.39 is 0 Å². The van der Waals surface area contributed by atoms with Crippen LogP contribution in [-0.4, -0.2) is 59.3 Å². The van der Waals surface area contributed by atoms with Gasteiger partial charge in [0.15, 0.2) is 6.29 Å². The lowest BCUT2D eigenvalue weighted by Crippen LogP contribution is -2.50. The van der Waals surface area contributed by atoms with Gasteiger partial charge in [-0.2, -0.15) is 5.10 Å². The molecule has 1 N–H and O–H groups in total. The first-order valence-corrected chi connectivity index (χ1v) is 9.95. The molecule has 3 aliphatic rings. The van der Waals surface area contributed by atoms with Crippen LogP contribution in [0, 0.1) is 0 Å². The second kappa shape index (κ2) is 7.78. The van der Waals surface area contributed by atoms with E-state index in [1.807, 2.05) is 4.90 Å². The van der Waals surface area contributed by atoms with Crippen molar-refractivity contribution in [3.63, 3.8) is 0 Å². The van der Waals surface area contributed by atoms with Crippen molar-refractivity contribution in [3.8, 4) is 0 Å². The van der Waals surface area contributed by atoms with E-state index in [4.69, 9.17) is 4.74 Å². The summed E-state index contributed by atoms with van der Waals surface area (Å²) in [6.07, 6.45) is 9.46. The normalized spacial score (nSPS) is 24.2. The first kappa shape index (κ1) is 17.5. The third-order valence-electron chi connectivity index (χ3n) is 5.99. The van der Waals surface area contributed by atoms with Gasteiger partial charge < -0.3 is 15.0 Å². The minimum atomic E-state index is -0.0194. The predicted molar refractivity (Wildman–Crippen MR) is 96.5 cm³/mol. The van der Waals surface area contributed by atoms with Crippen LogP contribution >= 0.6 is 0 Å². The number of carbonyl (C=O) groups is 2. The number of nitrogens with zero attached hydrogens (tertiary/aromatic N) is 3. The SMILES string of the molecule is O=Cc1nn(C2CCCCC2)c2c1CC(NC(=O)N1CCOCC1)CC2. The summed E-state index contributed by atoms with van der Waals surface area (Å²) in [5.41, 5.74) is 2.83. The lowest BCUT2D eigenvalue weighted by molar-refractivity contribution is 0.0523. The van der Waals surface area contributed by atoms with E-state index in [0.29, 0.717) is 44.5 Å². The largest absolute Gasteiger partial charge is 0.378 e. The van der Waals surface area contributed by atoms with Gasteiger partial charge in [-0.3, -0.25) is 9.48 Å². The van der Waals surface area contributed by atoms with Crippen molar-refractivity contribution in [2.45, 2.75) is 63.5 Å². The standard InChI is InChI=1S/C19H28N4O3/c24-13-17-16-12-14(20-19(25)22-8-10-26-11-9-22)6-7-18(16)23(21-17)15-4-2-1-3-5-15/h13-15H,1-12H2,(H,20,25). The number of carbonyl (C=O) groups excluding carboxylic acids is 2. The monoisotopic (exact) mass is 360 g/mol. The van der Waals surface area contributed by atoms with Gasteiger partial charge in [-0.25, -0.2) is 4.79 Å². The van der Waals surface area contributed by atoms with Gasteiger partial charge in [0, 0.05) is 30.4 Å². The van der Waals surface area contributed by atoms with Crippen LogP contribution in [0.2, 0.25) is 0 Å². The third kappa shape index (κ3) is 3.49. The average molecular weight is 360 g/mol. The second-order valence-electron chi connectivity index (χ2n) is 7.65. The number of fused-ring (bicyclic) bond motifs is 1. The number of rotatable bonds is 3. The van der Waals surface area contributed by atoms with Crippen LogP contribution in [0.25, 0.3) is 0 Å². The smallest absolute Gasteiger partial charge is 0.317 e. The molecule has 0 spiro atoms. The number of nitrogens with one attached hydrogen (secondary N) is 1. The molecule has 2 amide bonds. The van der Waals surface area contributed by atoms with E-state index in [9.17, 15) is 9.59 Å². The highest BCUT2D eigenvalue weighted by Gasteiger charge is 2.30. The predicted octanol–water partition coefficient (Wildman–Crippen LogP) is 2.10. The van der Waals surface area contributed by atoms with Gasteiger partial charge in [0.2, 0.25) is 0 Å². The van der Waals surface area contributed by atoms with E-state index in [1.54, 1.807) is 0 Å². The molecule has 1 aromatic rings. The Hall–Kier alpha value is -1.89. The average Bonchev–Trinajstić information content (AvgIpc) is 3.07. The summed E-state index contributed by atoms with van der Waals surface area (Å²) >= 11 is 0. The van der Waals surface area contributed by atoms with Crippen LogP contribution in [0.1, 0.15) is 66.3 Å². The Kier molecular flexibility index (Phi) is 5.24. The molecule has 2 fully saturated rings. The fraction of sp³-hybridized carbons (Fsp3) is 0.737. The van der Waals surface area contributed by atoms with Gasteiger partial charge in [0.25, 0.3) is 0 Å². The van der Waals surface area contributed by atoms with E-state index in [0.717, 1.165) is 37.5 Å². The van der Waals surface area contributed by atoms with Crippen molar-refractivity contribution in [1.29, 1.82) is 0 Å². The van der Waals surface area contributed by atoms with E-state index in [2.05, 4.69) is 15.1 Å². The van der Waals surface area contributed by atoms with Gasteiger partial charge >= 0.3 is 6.03 Å². The van der Waals surface area contributed by atoms with Crippen LogP contribution in [0.4, 0.5) is 4.79 Å². The Labute approximate surface area is 154 Å². The summed E-state index contributed by atoms with van der Waals surface area (Å²) in [6, 6.07) is 0.486. The molecule has 1 atom stereocenters. The molecule has 0 bridgehead atoms. The number of hydrogen-bond donors (Lipinski definition) is 1. The molecule has 26 heavy (non-hydrogen) atoms. The molecule has 142 valence electrons. The summed E-state index contributed by atoms with van der Waals surface area (Å²) in [4.78, 5) is 25.8. The van der Waals surface area contributed by atoms with E-state index in [-0.39, 0.29) is 12.1 Å². The minimum Gasteiger partial charge on any atom is -0.378 e. The highest BCUT2D eigenvalue weighted by molar-refractivity contribution is 5.76. The summed E-state index contributed by atoms with van der Waals surface area (Å²) in [5, 5.41) is 7.79. The number of amides is 2. The van der Waals surface area contributed by atoms with Crippen molar-refractivity contribution in [3.05, 3.63) is 17.0 Å². The fourth-order valence-electron chi connectivity index (χ4n) is 4.55. The Bertz CT molecular complexity index is 660. The topological polar surface area (TPSA) is 76.5 Å². The van der Waals surface area contributed by atoms with Crippen molar-refractivity contribution in [2.24, 2.45) is 0 Å². The Balaban J connectivity index is 1.46. The zero-order valence-corrected chi connectivity index (χ0v) is 15.3. The van der Waals surface area contributed by atoms with Crippen molar-refractivity contribution >= 4 is 12.3 Å². The number of hydrogen-bond acceptors (Lipinski definition) is 4. The van der Waals surface area contributed by atoms with Crippen LogP contribution < -0.4 is 5.32 Å². The fourth-order valence-corrected chi connectivity index (χ4v) is 4.55. The molecule has 0 aromatic carbocycles. The summed E-state index contributed by atoms with van der Waals surface area (Å²) < 4.78 is 7.44. The molecule has 1 saturated carbocycles. The molecule has 1 aromatic heterocycles. The number of aldehydes is 1. The lowest BCUT2D eigenvalue weighted by Gasteiger charge is -2.31. The minimum absolute atomic E-state index is 0.0194. The van der Waals surface area contributed by atoms with Crippen molar-refractivity contribution in [2.75, 3.05) is 26.3 Å². The van der Waals surface area contributed by atoms with Gasteiger partial charge in [0.1, 0.15) is 5.69 Å². The molecule has 1 saturated heterocycles. The van der Waals surface area contributed by atoms with Gasteiger partial charge in [-0.15, -0.1) is 0 Å². The summed E-state index contributed by atoms with van der Waals surface area (Å²) in [7, 11) is 0. The Morgan fingerprint density at radius 2 is 1.92 bits per heavy atom. The van der Waals surface area contributed by atoms with E-state index >= 15 is 0 Å². The highest BCUT2D eigenvalue weighted by atomic mass is 16.5. The first-order valence-electron chi connectivity index (χ1n) is 9.95. The molecule has 1 aliphatic heterocycles. The second-order valence-corrected chi connectivity index (χ2v) is 7.65. The number of aromatic nitrogens is 2. The van der Waals surface area contributed by atoms with Gasteiger partial charge in [-0.05, 0) is 32.1 Å². The van der Waals surface area contributed by atoms with Gasteiger partial charge in [0.05, 0.1) is 19.3 Å². The molecule has 4 rings (SSSR count).